The van der Waals surface area contributed by atoms with Crippen molar-refractivity contribution >= 4 is 33.3 Å². The third kappa shape index (κ3) is 3.13. The molecule has 17 heavy (non-hydrogen) atoms. The lowest BCUT2D eigenvalue weighted by Gasteiger charge is -2.11. The molecular weight excluding hydrogens is 299 g/mol. The molecule has 0 saturated heterocycles. The first-order chi connectivity index (χ1) is 7.82. The van der Waals surface area contributed by atoms with Gasteiger partial charge in [0.2, 0.25) is 0 Å². The number of nitrogens with one attached hydrogen (secondary N) is 1. The predicted octanol–water partition coefficient (Wildman–Crippen LogP) is 2.38. The van der Waals surface area contributed by atoms with Gasteiger partial charge in [0.05, 0.1) is 15.5 Å². The summed E-state index contributed by atoms with van der Waals surface area (Å²) < 4.78 is 13.1. The second kappa shape index (κ2) is 5.09. The van der Waals surface area contributed by atoms with E-state index in [0.29, 0.717) is 0 Å². The molecule has 0 fully saturated rings. The quantitative estimate of drug-likeness (QED) is 0.658. The summed E-state index contributed by atoms with van der Waals surface area (Å²) in [5, 5.41) is 21.8. The molecule has 92 valence electrons. The van der Waals surface area contributed by atoms with Crippen LogP contribution in [-0.4, -0.2) is 22.0 Å². The zero-order valence-electron chi connectivity index (χ0n) is 8.61. The van der Waals surface area contributed by atoms with Gasteiger partial charge in [-0.05, 0) is 28.9 Å². The molecule has 0 radical (unpaired) electrons. The van der Waals surface area contributed by atoms with Gasteiger partial charge in [0, 0.05) is 0 Å². The number of hydrogen-bond acceptors (Lipinski definition) is 4. The molecule has 1 unspecified atom stereocenters. The SMILES string of the molecule is CC(Nc1cc(Br)c(F)cc1[N+](=O)[O-])C(=O)O. The van der Waals surface area contributed by atoms with Crippen LogP contribution in [0, 0.1) is 15.9 Å². The molecule has 0 amide bonds. The number of hydrogen-bond donors (Lipinski definition) is 2. The van der Waals surface area contributed by atoms with E-state index < -0.39 is 28.4 Å². The summed E-state index contributed by atoms with van der Waals surface area (Å²) in [4.78, 5) is 20.5. The highest BCUT2D eigenvalue weighted by molar-refractivity contribution is 9.10. The van der Waals surface area contributed by atoms with Crippen LogP contribution in [0.25, 0.3) is 0 Å². The zero-order valence-corrected chi connectivity index (χ0v) is 10.2. The standard InChI is InChI=1S/C9H8BrFN2O4/c1-4(9(14)15)12-7-2-5(10)6(11)3-8(7)13(16)17/h2-4,12H,1H3,(H,14,15). The summed E-state index contributed by atoms with van der Waals surface area (Å²) in [7, 11) is 0. The minimum absolute atomic E-state index is 0.0168. The predicted molar refractivity (Wildman–Crippen MR) is 61.5 cm³/mol. The van der Waals surface area contributed by atoms with E-state index in [1.165, 1.54) is 6.92 Å². The van der Waals surface area contributed by atoms with E-state index in [1.54, 1.807) is 0 Å². The molecule has 2 N–H and O–H groups in total. The van der Waals surface area contributed by atoms with Crippen LogP contribution < -0.4 is 5.32 Å². The fraction of sp³-hybridized carbons (Fsp3) is 0.222. The maximum atomic E-state index is 13.1. The van der Waals surface area contributed by atoms with E-state index >= 15 is 0 Å². The first-order valence-electron chi connectivity index (χ1n) is 4.45. The molecule has 0 aliphatic carbocycles. The Morgan fingerprint density at radius 2 is 2.24 bits per heavy atom. The Hall–Kier alpha value is -1.70. The Balaban J connectivity index is 3.17. The number of carbonyl (C=O) groups is 1. The molecule has 8 heteroatoms. The number of carboxylic acid groups (broad SMARTS) is 1. The number of aliphatic carboxylic acids is 1. The maximum absolute atomic E-state index is 13.1. The third-order valence-electron chi connectivity index (χ3n) is 1.98. The van der Waals surface area contributed by atoms with Gasteiger partial charge >= 0.3 is 5.97 Å². The molecule has 1 aromatic carbocycles. The highest BCUT2D eigenvalue weighted by atomic mass is 79.9. The van der Waals surface area contributed by atoms with E-state index in [-0.39, 0.29) is 10.2 Å². The van der Waals surface area contributed by atoms with Crippen LogP contribution in [0.15, 0.2) is 16.6 Å². The summed E-state index contributed by atoms with van der Waals surface area (Å²) in [6.45, 7) is 1.32. The number of nitro groups is 1. The first kappa shape index (κ1) is 13.4. The number of rotatable bonds is 4. The second-order valence-corrected chi connectivity index (χ2v) is 4.10. The highest BCUT2D eigenvalue weighted by Crippen LogP contribution is 2.30. The minimum Gasteiger partial charge on any atom is -0.480 e. The molecule has 0 aromatic heterocycles. The van der Waals surface area contributed by atoms with E-state index in [2.05, 4.69) is 21.2 Å². The van der Waals surface area contributed by atoms with Gasteiger partial charge in [-0.3, -0.25) is 14.9 Å². The Morgan fingerprint density at radius 1 is 1.65 bits per heavy atom. The zero-order chi connectivity index (χ0) is 13.2. The van der Waals surface area contributed by atoms with Crippen molar-refractivity contribution in [3.8, 4) is 0 Å². The van der Waals surface area contributed by atoms with Crippen LogP contribution in [0.4, 0.5) is 15.8 Å². The Morgan fingerprint density at radius 3 is 2.71 bits per heavy atom. The summed E-state index contributed by atoms with van der Waals surface area (Å²) in [5.41, 5.74) is -0.572. The van der Waals surface area contributed by atoms with Crippen molar-refractivity contribution in [2.24, 2.45) is 0 Å². The number of carboxylic acids is 1. The van der Waals surface area contributed by atoms with Gasteiger partial charge < -0.3 is 10.4 Å². The number of halogens is 2. The second-order valence-electron chi connectivity index (χ2n) is 3.24. The van der Waals surface area contributed by atoms with Crippen LogP contribution in [0.1, 0.15) is 6.92 Å². The first-order valence-corrected chi connectivity index (χ1v) is 5.25. The van der Waals surface area contributed by atoms with Crippen molar-refractivity contribution in [2.45, 2.75) is 13.0 Å². The Labute approximate surface area is 104 Å². The lowest BCUT2D eigenvalue weighted by molar-refractivity contribution is -0.384. The van der Waals surface area contributed by atoms with Crippen molar-refractivity contribution in [1.82, 2.24) is 0 Å². The maximum Gasteiger partial charge on any atom is 0.325 e. The van der Waals surface area contributed by atoms with Crippen molar-refractivity contribution < 1.29 is 19.2 Å². The van der Waals surface area contributed by atoms with Gasteiger partial charge in [0.1, 0.15) is 17.5 Å². The van der Waals surface area contributed by atoms with Crippen molar-refractivity contribution in [1.29, 1.82) is 0 Å². The third-order valence-corrected chi connectivity index (χ3v) is 2.59. The topological polar surface area (TPSA) is 92.5 Å². The largest absolute Gasteiger partial charge is 0.480 e. The van der Waals surface area contributed by atoms with Gasteiger partial charge in [0.25, 0.3) is 5.69 Å². The molecule has 0 saturated carbocycles. The lowest BCUT2D eigenvalue weighted by atomic mass is 10.2. The highest BCUT2D eigenvalue weighted by Gasteiger charge is 2.21. The van der Waals surface area contributed by atoms with Gasteiger partial charge in [0.15, 0.2) is 0 Å². The average Bonchev–Trinajstić information content (AvgIpc) is 2.22. The van der Waals surface area contributed by atoms with Crippen LogP contribution in [0.2, 0.25) is 0 Å². The van der Waals surface area contributed by atoms with Gasteiger partial charge in [-0.1, -0.05) is 0 Å². The van der Waals surface area contributed by atoms with Gasteiger partial charge in [-0.25, -0.2) is 4.39 Å². The molecule has 0 aliphatic heterocycles. The van der Waals surface area contributed by atoms with E-state index in [9.17, 15) is 19.3 Å². The van der Waals surface area contributed by atoms with Crippen LogP contribution >= 0.6 is 15.9 Å². The van der Waals surface area contributed by atoms with E-state index in [4.69, 9.17) is 5.11 Å². The Bertz CT molecular complexity index is 480. The van der Waals surface area contributed by atoms with Crippen molar-refractivity contribution in [2.75, 3.05) is 5.32 Å². The van der Waals surface area contributed by atoms with E-state index in [0.717, 1.165) is 12.1 Å². The smallest absolute Gasteiger partial charge is 0.325 e. The summed E-state index contributed by atoms with van der Waals surface area (Å²) in [5.74, 6) is -1.95. The molecule has 1 rings (SSSR count). The lowest BCUT2D eigenvalue weighted by Crippen LogP contribution is -2.25. The molecule has 1 atom stereocenters. The fourth-order valence-electron chi connectivity index (χ4n) is 1.10. The minimum atomic E-state index is -1.17. The molecule has 0 aliphatic rings. The van der Waals surface area contributed by atoms with Crippen LogP contribution in [0.5, 0.6) is 0 Å². The van der Waals surface area contributed by atoms with Crippen molar-refractivity contribution in [3.63, 3.8) is 0 Å². The molecular formula is C9H8BrFN2O4. The molecule has 0 spiro atoms. The van der Waals surface area contributed by atoms with Crippen LogP contribution in [-0.2, 0) is 4.79 Å². The van der Waals surface area contributed by atoms with E-state index in [1.807, 2.05) is 0 Å². The van der Waals surface area contributed by atoms with Crippen molar-refractivity contribution in [3.05, 3.63) is 32.5 Å². The molecule has 6 nitrogen and oxygen atoms in total. The number of nitro benzene ring substituents is 1. The molecule has 0 bridgehead atoms. The molecule has 1 aromatic rings. The number of benzene rings is 1. The fourth-order valence-corrected chi connectivity index (χ4v) is 1.44. The number of anilines is 1. The summed E-state index contributed by atoms with van der Waals surface area (Å²) >= 11 is 2.87. The summed E-state index contributed by atoms with van der Waals surface area (Å²) in [6, 6.07) is 0.833. The normalized spacial score (nSPS) is 11.9. The average molecular weight is 307 g/mol. The van der Waals surface area contributed by atoms with Gasteiger partial charge in [-0.15, -0.1) is 0 Å². The number of nitrogens with zero attached hydrogens (tertiary/aromatic N) is 1. The monoisotopic (exact) mass is 306 g/mol. The molecule has 0 heterocycles. The van der Waals surface area contributed by atoms with Gasteiger partial charge in [-0.2, -0.15) is 0 Å². The van der Waals surface area contributed by atoms with Crippen LogP contribution in [0.3, 0.4) is 0 Å². The Kier molecular flexibility index (Phi) is 4.00. The summed E-state index contributed by atoms with van der Waals surface area (Å²) in [6.07, 6.45) is 0.